The number of hydrogen-bond donors (Lipinski definition) is 0. The lowest BCUT2D eigenvalue weighted by molar-refractivity contribution is -0.150. The first-order chi connectivity index (χ1) is 12.1. The predicted molar refractivity (Wildman–Crippen MR) is 101 cm³/mol. The molecule has 0 atom stereocenters. The van der Waals surface area contributed by atoms with Crippen LogP contribution < -0.4 is 0 Å². The molecule has 5 nitrogen and oxygen atoms in total. The molecule has 1 aliphatic carbocycles. The van der Waals surface area contributed by atoms with Gasteiger partial charge in [0.15, 0.2) is 10.9 Å². The number of thiazole rings is 1. The van der Waals surface area contributed by atoms with E-state index in [4.69, 9.17) is 4.74 Å². The summed E-state index contributed by atoms with van der Waals surface area (Å²) in [5.74, 6) is -0.333. The molecule has 1 fully saturated rings. The molecule has 0 radical (unpaired) electrons. The molecule has 3 rings (SSSR count). The van der Waals surface area contributed by atoms with Gasteiger partial charge in [0, 0.05) is 13.1 Å². The highest BCUT2D eigenvalue weighted by atomic mass is 32.2. The average Bonchev–Trinajstić information content (AvgIpc) is 3.07. The van der Waals surface area contributed by atoms with E-state index in [0.717, 1.165) is 27.4 Å². The van der Waals surface area contributed by atoms with Crippen molar-refractivity contribution in [3.63, 3.8) is 0 Å². The average molecular weight is 379 g/mol. The number of carbonyl (C=O) groups excluding carboxylic acids is 2. The van der Waals surface area contributed by atoms with Gasteiger partial charge in [-0.3, -0.25) is 9.59 Å². The van der Waals surface area contributed by atoms with Crippen LogP contribution in [-0.4, -0.2) is 47.2 Å². The highest BCUT2D eigenvalue weighted by Gasteiger charge is 2.22. The number of nitrogens with zero attached hydrogens (tertiary/aromatic N) is 2. The van der Waals surface area contributed by atoms with Gasteiger partial charge < -0.3 is 9.64 Å². The maximum absolute atomic E-state index is 12.2. The Morgan fingerprint density at radius 2 is 2.04 bits per heavy atom. The number of carbonyl (C=O) groups is 2. The van der Waals surface area contributed by atoms with Crippen molar-refractivity contribution in [1.82, 2.24) is 9.88 Å². The minimum absolute atomic E-state index is 0.120. The van der Waals surface area contributed by atoms with Gasteiger partial charge in [-0.2, -0.15) is 0 Å². The van der Waals surface area contributed by atoms with Gasteiger partial charge in [-0.1, -0.05) is 43.2 Å². The van der Waals surface area contributed by atoms with Crippen molar-refractivity contribution in [3.8, 4) is 0 Å². The maximum Gasteiger partial charge on any atom is 0.316 e. The fraction of sp³-hybridized carbons (Fsp3) is 0.500. The Morgan fingerprint density at radius 3 is 2.80 bits per heavy atom. The van der Waals surface area contributed by atoms with Gasteiger partial charge >= 0.3 is 5.97 Å². The number of benzene rings is 1. The maximum atomic E-state index is 12.2. The molecular formula is C18H22N2O3S2. The van der Waals surface area contributed by atoms with Gasteiger partial charge in [0.2, 0.25) is 0 Å². The fourth-order valence-electron chi connectivity index (χ4n) is 2.99. The van der Waals surface area contributed by atoms with Crippen molar-refractivity contribution in [2.45, 2.75) is 42.5 Å². The molecule has 0 N–H and O–H groups in total. The van der Waals surface area contributed by atoms with E-state index in [1.54, 1.807) is 16.2 Å². The quantitative estimate of drug-likeness (QED) is 0.566. The summed E-state index contributed by atoms with van der Waals surface area (Å²) in [7, 11) is 1.81. The third-order valence-corrected chi connectivity index (χ3v) is 6.61. The van der Waals surface area contributed by atoms with E-state index in [2.05, 4.69) is 4.98 Å². The normalized spacial score (nSPS) is 15.2. The second-order valence-electron chi connectivity index (χ2n) is 6.19. The number of ether oxygens (including phenoxy) is 1. The Morgan fingerprint density at radius 1 is 1.28 bits per heavy atom. The first-order valence-corrected chi connectivity index (χ1v) is 10.3. The molecule has 0 spiro atoms. The summed E-state index contributed by atoms with van der Waals surface area (Å²) < 4.78 is 7.07. The Labute approximate surface area is 155 Å². The Bertz CT molecular complexity index is 708. The van der Waals surface area contributed by atoms with Crippen molar-refractivity contribution in [3.05, 3.63) is 24.3 Å². The van der Waals surface area contributed by atoms with E-state index in [0.29, 0.717) is 0 Å². The van der Waals surface area contributed by atoms with E-state index in [9.17, 15) is 9.59 Å². The van der Waals surface area contributed by atoms with Crippen molar-refractivity contribution >= 4 is 45.2 Å². The Hall–Kier alpha value is -1.60. The SMILES string of the molecule is CN(C(=O)COC(=O)CSc1nc2ccccc2s1)C1CCCCC1. The van der Waals surface area contributed by atoms with E-state index in [1.165, 1.54) is 31.0 Å². The van der Waals surface area contributed by atoms with Crippen LogP contribution in [0.1, 0.15) is 32.1 Å². The zero-order chi connectivity index (χ0) is 17.6. The number of para-hydroxylation sites is 1. The zero-order valence-corrected chi connectivity index (χ0v) is 15.9. The molecule has 1 heterocycles. The zero-order valence-electron chi connectivity index (χ0n) is 14.3. The van der Waals surface area contributed by atoms with Crippen LogP contribution in [0.3, 0.4) is 0 Å². The van der Waals surface area contributed by atoms with Crippen LogP contribution in [0.2, 0.25) is 0 Å². The lowest BCUT2D eigenvalue weighted by Gasteiger charge is -2.31. The summed E-state index contributed by atoms with van der Waals surface area (Å²) in [4.78, 5) is 30.3. The van der Waals surface area contributed by atoms with Crippen LogP contribution in [0.15, 0.2) is 28.6 Å². The predicted octanol–water partition coefficient (Wildman–Crippen LogP) is 3.72. The molecule has 25 heavy (non-hydrogen) atoms. The fourth-order valence-corrected chi connectivity index (χ4v) is 4.86. The highest BCUT2D eigenvalue weighted by Crippen LogP contribution is 2.29. The summed E-state index contributed by atoms with van der Waals surface area (Å²) >= 11 is 2.91. The van der Waals surface area contributed by atoms with Crippen molar-refractivity contribution < 1.29 is 14.3 Å². The van der Waals surface area contributed by atoms with Crippen molar-refractivity contribution in [2.24, 2.45) is 0 Å². The van der Waals surface area contributed by atoms with Gasteiger partial charge in [0.25, 0.3) is 5.91 Å². The second kappa shape index (κ2) is 8.67. The number of amides is 1. The minimum Gasteiger partial charge on any atom is -0.455 e. The molecule has 2 aromatic rings. The molecular weight excluding hydrogens is 356 g/mol. The minimum atomic E-state index is -0.380. The number of aromatic nitrogens is 1. The first-order valence-electron chi connectivity index (χ1n) is 8.53. The third kappa shape index (κ3) is 4.95. The molecule has 1 aromatic heterocycles. The topological polar surface area (TPSA) is 59.5 Å². The lowest BCUT2D eigenvalue weighted by Crippen LogP contribution is -2.40. The van der Waals surface area contributed by atoms with Crippen LogP contribution in [0.5, 0.6) is 0 Å². The molecule has 0 unspecified atom stereocenters. The van der Waals surface area contributed by atoms with E-state index in [-0.39, 0.29) is 30.3 Å². The molecule has 0 bridgehead atoms. The van der Waals surface area contributed by atoms with Gasteiger partial charge in [-0.25, -0.2) is 4.98 Å². The summed E-state index contributed by atoms with van der Waals surface area (Å²) in [6.45, 7) is -0.174. The number of thioether (sulfide) groups is 1. The third-order valence-electron chi connectivity index (χ3n) is 4.46. The Kier molecular flexibility index (Phi) is 6.31. The standard InChI is InChI=1S/C18H22N2O3S2/c1-20(13-7-3-2-4-8-13)16(21)11-23-17(22)12-24-18-19-14-9-5-6-10-15(14)25-18/h5-6,9-10,13H,2-4,7-8,11-12H2,1H3. The molecule has 1 aromatic carbocycles. The van der Waals surface area contributed by atoms with Crippen LogP contribution in [0.4, 0.5) is 0 Å². The van der Waals surface area contributed by atoms with Gasteiger partial charge in [-0.15, -0.1) is 11.3 Å². The highest BCUT2D eigenvalue weighted by molar-refractivity contribution is 8.01. The molecule has 0 aliphatic heterocycles. The summed E-state index contributed by atoms with van der Waals surface area (Å²) in [6, 6.07) is 8.16. The summed E-state index contributed by atoms with van der Waals surface area (Å²) in [5.41, 5.74) is 0.938. The van der Waals surface area contributed by atoms with Crippen molar-refractivity contribution in [1.29, 1.82) is 0 Å². The Balaban J connectivity index is 1.42. The number of fused-ring (bicyclic) bond motifs is 1. The number of esters is 1. The molecule has 7 heteroatoms. The summed E-state index contributed by atoms with van der Waals surface area (Å²) in [6.07, 6.45) is 5.67. The molecule has 134 valence electrons. The monoisotopic (exact) mass is 378 g/mol. The summed E-state index contributed by atoms with van der Waals surface area (Å²) in [5, 5.41) is 0. The first kappa shape index (κ1) is 18.2. The molecule has 1 amide bonds. The van der Waals surface area contributed by atoms with E-state index < -0.39 is 0 Å². The van der Waals surface area contributed by atoms with Crippen LogP contribution >= 0.6 is 23.1 Å². The molecule has 1 aliphatic rings. The van der Waals surface area contributed by atoms with E-state index >= 15 is 0 Å². The van der Waals surface area contributed by atoms with E-state index in [1.807, 2.05) is 31.3 Å². The van der Waals surface area contributed by atoms with Crippen molar-refractivity contribution in [2.75, 3.05) is 19.4 Å². The van der Waals surface area contributed by atoms with Crippen LogP contribution in [0.25, 0.3) is 10.2 Å². The number of hydrogen-bond acceptors (Lipinski definition) is 6. The smallest absolute Gasteiger partial charge is 0.316 e. The number of likely N-dealkylation sites (N-methyl/N-ethyl adjacent to an activating group) is 1. The van der Waals surface area contributed by atoms with Gasteiger partial charge in [0.05, 0.1) is 16.0 Å². The largest absolute Gasteiger partial charge is 0.455 e. The second-order valence-corrected chi connectivity index (χ2v) is 8.45. The molecule has 0 saturated heterocycles. The molecule has 1 saturated carbocycles. The van der Waals surface area contributed by atoms with Crippen LogP contribution in [-0.2, 0) is 14.3 Å². The van der Waals surface area contributed by atoms with Gasteiger partial charge in [0.1, 0.15) is 0 Å². The van der Waals surface area contributed by atoms with Gasteiger partial charge in [-0.05, 0) is 25.0 Å². The number of rotatable bonds is 6. The lowest BCUT2D eigenvalue weighted by atomic mass is 9.94. The van der Waals surface area contributed by atoms with Crippen LogP contribution in [0, 0.1) is 0 Å².